The number of carbonyl (C=O) groups excluding carboxylic acids is 3. The summed E-state index contributed by atoms with van der Waals surface area (Å²) in [6.45, 7) is 11.7. The van der Waals surface area contributed by atoms with Crippen molar-refractivity contribution in [1.82, 2.24) is 30.9 Å². The fraction of sp³-hybridized carbons (Fsp3) is 0.500. The lowest BCUT2D eigenvalue weighted by Gasteiger charge is -2.21. The molecule has 0 radical (unpaired) electrons. The van der Waals surface area contributed by atoms with Gasteiger partial charge in [-0.15, -0.1) is 22.7 Å². The number of carbonyl (C=O) groups is 3. The lowest BCUT2D eigenvalue weighted by atomic mass is 10.0. The fourth-order valence-electron chi connectivity index (χ4n) is 3.79. The molecule has 3 aromatic heterocycles. The van der Waals surface area contributed by atoms with Crippen LogP contribution in [0.3, 0.4) is 0 Å². The van der Waals surface area contributed by atoms with Gasteiger partial charge in [0, 0.05) is 10.8 Å². The SMILES string of the molecule is CC(C)[C@@H]1NC(=O)c2csc(n2)[C@H](C(C)C)NC(=O)c2csc(n2)[C@H](C(C)C)NC(=O)c2coc1n2. The number of hydrogen-bond donors (Lipinski definition) is 3. The highest BCUT2D eigenvalue weighted by molar-refractivity contribution is 7.10. The Balaban J connectivity index is 1.78. The molecule has 0 saturated carbocycles. The third kappa shape index (κ3) is 5.34. The Labute approximate surface area is 217 Å². The summed E-state index contributed by atoms with van der Waals surface area (Å²) in [4.78, 5) is 52.6. The molecule has 4 rings (SSSR count). The molecule has 4 heterocycles. The van der Waals surface area contributed by atoms with E-state index in [4.69, 9.17) is 4.42 Å². The van der Waals surface area contributed by atoms with Crippen molar-refractivity contribution in [2.45, 2.75) is 59.7 Å². The number of aromatic nitrogens is 3. The average molecular weight is 531 g/mol. The molecule has 12 heteroatoms. The average Bonchev–Trinajstić information content (AvgIpc) is 3.58. The molecule has 36 heavy (non-hydrogen) atoms. The van der Waals surface area contributed by atoms with Crippen LogP contribution in [0.15, 0.2) is 21.4 Å². The number of nitrogens with zero attached hydrogens (tertiary/aromatic N) is 3. The summed E-state index contributed by atoms with van der Waals surface area (Å²) in [7, 11) is 0. The number of thiazole rings is 2. The van der Waals surface area contributed by atoms with E-state index in [1.165, 1.54) is 28.9 Å². The van der Waals surface area contributed by atoms with Crippen molar-refractivity contribution >= 4 is 40.4 Å². The van der Waals surface area contributed by atoms with E-state index in [1.54, 1.807) is 10.8 Å². The van der Waals surface area contributed by atoms with Crippen molar-refractivity contribution in [3.8, 4) is 0 Å². The standard InChI is InChI=1S/C24H30N6O4S2/c1-10(2)16-22-25-13(7-34-22)19(31)29-17(11(3)4)23-27-15(9-36-23)21(33)30-18(12(5)6)24-26-14(8-35-24)20(32)28-16/h7-12,16-18H,1-6H3,(H,28,32)(H,29,31)(H,30,33)/t16-,17-,18-/m0/s1. The minimum absolute atomic E-state index is 0.00725. The van der Waals surface area contributed by atoms with Crippen molar-refractivity contribution in [2.75, 3.05) is 0 Å². The van der Waals surface area contributed by atoms with Gasteiger partial charge in [-0.2, -0.15) is 0 Å². The highest BCUT2D eigenvalue weighted by Crippen LogP contribution is 2.29. The first-order valence-corrected chi connectivity index (χ1v) is 13.6. The van der Waals surface area contributed by atoms with Crippen LogP contribution in [0, 0.1) is 17.8 Å². The van der Waals surface area contributed by atoms with E-state index in [-0.39, 0.29) is 52.5 Å². The highest BCUT2D eigenvalue weighted by Gasteiger charge is 2.30. The molecule has 3 amide bonds. The predicted molar refractivity (Wildman–Crippen MR) is 136 cm³/mol. The van der Waals surface area contributed by atoms with E-state index < -0.39 is 24.0 Å². The van der Waals surface area contributed by atoms with Crippen LogP contribution in [0.2, 0.25) is 0 Å². The van der Waals surface area contributed by atoms with Gasteiger partial charge in [0.1, 0.15) is 33.7 Å². The van der Waals surface area contributed by atoms with Gasteiger partial charge < -0.3 is 20.4 Å². The first-order chi connectivity index (χ1) is 17.0. The quantitative estimate of drug-likeness (QED) is 0.459. The smallest absolute Gasteiger partial charge is 0.273 e. The number of hydrogen-bond acceptors (Lipinski definition) is 9. The number of amides is 3. The maximum absolute atomic E-state index is 13.1. The Morgan fingerprint density at radius 2 is 1.08 bits per heavy atom. The van der Waals surface area contributed by atoms with Gasteiger partial charge in [0.15, 0.2) is 5.69 Å². The van der Waals surface area contributed by atoms with Gasteiger partial charge in [-0.05, 0) is 17.8 Å². The first kappa shape index (κ1) is 26.0. The third-order valence-corrected chi connectivity index (χ3v) is 7.78. The minimum atomic E-state index is -0.564. The molecule has 3 atom stereocenters. The van der Waals surface area contributed by atoms with Crippen LogP contribution < -0.4 is 16.0 Å². The van der Waals surface area contributed by atoms with E-state index in [0.717, 1.165) is 0 Å². The topological polar surface area (TPSA) is 139 Å². The number of rotatable bonds is 3. The maximum Gasteiger partial charge on any atom is 0.273 e. The van der Waals surface area contributed by atoms with Crippen molar-refractivity contribution in [2.24, 2.45) is 17.8 Å². The van der Waals surface area contributed by atoms with E-state index in [1.807, 2.05) is 41.5 Å². The zero-order chi connectivity index (χ0) is 26.1. The number of oxazole rings is 1. The van der Waals surface area contributed by atoms with Crippen LogP contribution in [0.4, 0.5) is 0 Å². The lowest BCUT2D eigenvalue weighted by Crippen LogP contribution is -2.34. The monoisotopic (exact) mass is 530 g/mol. The lowest BCUT2D eigenvalue weighted by molar-refractivity contribution is 0.0909. The van der Waals surface area contributed by atoms with Crippen LogP contribution in [-0.2, 0) is 0 Å². The summed E-state index contributed by atoms with van der Waals surface area (Å²) >= 11 is 2.63. The normalized spacial score (nSPS) is 21.2. The van der Waals surface area contributed by atoms with Crippen LogP contribution in [0.5, 0.6) is 0 Å². The van der Waals surface area contributed by atoms with E-state index in [9.17, 15) is 14.4 Å². The van der Waals surface area contributed by atoms with Gasteiger partial charge in [0.25, 0.3) is 17.7 Å². The second kappa shape index (κ2) is 10.5. The molecule has 3 N–H and O–H groups in total. The van der Waals surface area contributed by atoms with Crippen molar-refractivity contribution < 1.29 is 18.8 Å². The minimum Gasteiger partial charge on any atom is -0.446 e. The summed E-state index contributed by atoms with van der Waals surface area (Å²) in [5.41, 5.74) is 0.600. The van der Waals surface area contributed by atoms with Crippen molar-refractivity contribution in [1.29, 1.82) is 0 Å². The van der Waals surface area contributed by atoms with Crippen LogP contribution >= 0.6 is 22.7 Å². The van der Waals surface area contributed by atoms with Gasteiger partial charge in [-0.3, -0.25) is 14.4 Å². The summed E-state index contributed by atoms with van der Waals surface area (Å²) < 4.78 is 5.62. The largest absolute Gasteiger partial charge is 0.446 e. The van der Waals surface area contributed by atoms with E-state index in [2.05, 4.69) is 30.9 Å². The van der Waals surface area contributed by atoms with Crippen LogP contribution in [0.25, 0.3) is 0 Å². The summed E-state index contributed by atoms with van der Waals surface area (Å²) in [5, 5.41) is 13.5. The number of fused-ring (bicyclic) bond motifs is 6. The molecule has 1 aliphatic heterocycles. The molecule has 0 spiro atoms. The van der Waals surface area contributed by atoms with Gasteiger partial charge in [-0.1, -0.05) is 41.5 Å². The second-order valence-electron chi connectivity index (χ2n) is 9.80. The molecule has 6 bridgehead atoms. The first-order valence-electron chi connectivity index (χ1n) is 11.8. The highest BCUT2D eigenvalue weighted by atomic mass is 32.1. The molecule has 0 fully saturated rings. The van der Waals surface area contributed by atoms with E-state index in [0.29, 0.717) is 10.0 Å². The van der Waals surface area contributed by atoms with Crippen molar-refractivity contribution in [3.63, 3.8) is 0 Å². The molecule has 0 unspecified atom stereocenters. The Hall–Kier alpha value is -3.12. The summed E-state index contributed by atoms with van der Waals surface area (Å²) in [5.74, 6) is -0.946. The zero-order valence-electron chi connectivity index (χ0n) is 21.0. The van der Waals surface area contributed by atoms with Gasteiger partial charge in [0.05, 0.1) is 12.1 Å². The summed E-state index contributed by atoms with van der Waals surface area (Å²) in [6, 6.07) is -1.39. The summed E-state index contributed by atoms with van der Waals surface area (Å²) in [6.07, 6.45) is 1.28. The second-order valence-corrected chi connectivity index (χ2v) is 11.6. The van der Waals surface area contributed by atoms with E-state index >= 15 is 0 Å². The number of nitrogens with one attached hydrogen (secondary N) is 3. The molecule has 0 aromatic carbocycles. The Kier molecular flexibility index (Phi) is 7.55. The molecular formula is C24H30N6O4S2. The molecule has 3 aromatic rings. The van der Waals surface area contributed by atoms with Crippen LogP contribution in [-0.4, -0.2) is 32.7 Å². The Morgan fingerprint density at radius 3 is 1.53 bits per heavy atom. The third-order valence-electron chi connectivity index (χ3n) is 5.92. The molecule has 192 valence electrons. The van der Waals surface area contributed by atoms with Gasteiger partial charge in [-0.25, -0.2) is 15.0 Å². The molecule has 1 aliphatic rings. The Morgan fingerprint density at radius 1 is 0.667 bits per heavy atom. The fourth-order valence-corrected chi connectivity index (χ4v) is 5.83. The molecule has 0 aliphatic carbocycles. The van der Waals surface area contributed by atoms with Gasteiger partial charge in [0.2, 0.25) is 5.89 Å². The maximum atomic E-state index is 13.1. The predicted octanol–water partition coefficient (Wildman–Crippen LogP) is 4.28. The molecule has 0 saturated heterocycles. The van der Waals surface area contributed by atoms with Crippen LogP contribution in [0.1, 0.15) is 107 Å². The zero-order valence-corrected chi connectivity index (χ0v) is 22.6. The molecular weight excluding hydrogens is 500 g/mol. The Bertz CT molecular complexity index is 1110. The molecule has 10 nitrogen and oxygen atoms in total. The van der Waals surface area contributed by atoms with Gasteiger partial charge >= 0.3 is 0 Å². The van der Waals surface area contributed by atoms with Crippen molar-refractivity contribution in [3.05, 3.63) is 50.0 Å².